The van der Waals surface area contributed by atoms with Crippen LogP contribution < -0.4 is 5.73 Å². The lowest BCUT2D eigenvalue weighted by Gasteiger charge is -2.25. The number of rotatable bonds is 3. The Balaban J connectivity index is 1.78. The molecule has 1 heterocycles. The van der Waals surface area contributed by atoms with E-state index in [-0.39, 0.29) is 11.9 Å². The number of halogens is 2. The summed E-state index contributed by atoms with van der Waals surface area (Å²) >= 11 is 12.1. The lowest BCUT2D eigenvalue weighted by Crippen LogP contribution is -2.31. The molecule has 3 rings (SSSR count). The second kappa shape index (κ2) is 6.81. The predicted octanol–water partition coefficient (Wildman–Crippen LogP) is 4.48. The maximum atomic E-state index is 12.7. The van der Waals surface area contributed by atoms with E-state index in [2.05, 4.69) is 0 Å². The summed E-state index contributed by atoms with van der Waals surface area (Å²) in [7, 11) is 0. The van der Waals surface area contributed by atoms with E-state index in [1.54, 1.807) is 6.07 Å². The number of anilines is 1. The normalized spacial score (nSPS) is 17.5. The van der Waals surface area contributed by atoms with Gasteiger partial charge in [0.1, 0.15) is 0 Å². The van der Waals surface area contributed by atoms with Crippen molar-refractivity contribution in [3.05, 3.63) is 63.6 Å². The molecule has 2 N–H and O–H groups in total. The van der Waals surface area contributed by atoms with Gasteiger partial charge in [-0.3, -0.25) is 4.79 Å². The topological polar surface area (TPSA) is 46.3 Å². The molecule has 120 valence electrons. The summed E-state index contributed by atoms with van der Waals surface area (Å²) in [5, 5.41) is 1.06. The van der Waals surface area contributed by atoms with Gasteiger partial charge in [-0.2, -0.15) is 0 Å². The molecule has 1 unspecified atom stereocenters. The van der Waals surface area contributed by atoms with Crippen LogP contribution in [0, 0.1) is 0 Å². The molecule has 1 amide bonds. The molecule has 1 aliphatic rings. The average Bonchev–Trinajstić information content (AvgIpc) is 2.99. The van der Waals surface area contributed by atoms with E-state index in [0.29, 0.717) is 22.2 Å². The van der Waals surface area contributed by atoms with Crippen molar-refractivity contribution in [1.29, 1.82) is 0 Å². The van der Waals surface area contributed by atoms with Crippen LogP contribution in [0.4, 0.5) is 5.69 Å². The second-order valence-electron chi connectivity index (χ2n) is 5.84. The lowest BCUT2D eigenvalue weighted by molar-refractivity contribution is -0.131. The van der Waals surface area contributed by atoms with Gasteiger partial charge < -0.3 is 10.6 Å². The Morgan fingerprint density at radius 3 is 2.74 bits per heavy atom. The largest absolute Gasteiger partial charge is 0.399 e. The van der Waals surface area contributed by atoms with Crippen LogP contribution >= 0.6 is 23.2 Å². The SMILES string of the molecule is Nc1cccc(CC(=O)N2CCCC2c2ccc(Cl)c(Cl)c2)c1. The zero-order valence-corrected chi connectivity index (χ0v) is 14.1. The Bertz CT molecular complexity index is 733. The molecule has 0 spiro atoms. The number of nitrogens with two attached hydrogens (primary N) is 1. The van der Waals surface area contributed by atoms with Crippen LogP contribution in [-0.2, 0) is 11.2 Å². The number of nitrogens with zero attached hydrogens (tertiary/aromatic N) is 1. The molecule has 1 atom stereocenters. The Kier molecular flexibility index (Phi) is 4.79. The highest BCUT2D eigenvalue weighted by molar-refractivity contribution is 6.42. The van der Waals surface area contributed by atoms with Crippen molar-refractivity contribution in [3.8, 4) is 0 Å². The number of benzene rings is 2. The van der Waals surface area contributed by atoms with E-state index in [4.69, 9.17) is 28.9 Å². The zero-order valence-electron chi connectivity index (χ0n) is 12.6. The molecule has 0 radical (unpaired) electrons. The van der Waals surface area contributed by atoms with E-state index in [1.165, 1.54) is 0 Å². The first-order valence-electron chi connectivity index (χ1n) is 7.63. The highest BCUT2D eigenvalue weighted by Gasteiger charge is 2.30. The average molecular weight is 349 g/mol. The molecule has 0 aliphatic carbocycles. The maximum absolute atomic E-state index is 12.7. The Labute approximate surface area is 146 Å². The smallest absolute Gasteiger partial charge is 0.227 e. The Morgan fingerprint density at radius 2 is 2.00 bits per heavy atom. The number of hydrogen-bond donors (Lipinski definition) is 1. The van der Waals surface area contributed by atoms with E-state index in [0.717, 1.165) is 30.5 Å². The molecule has 5 heteroatoms. The second-order valence-corrected chi connectivity index (χ2v) is 6.65. The number of carbonyl (C=O) groups excluding carboxylic acids is 1. The number of nitrogen functional groups attached to an aromatic ring is 1. The minimum Gasteiger partial charge on any atom is -0.399 e. The standard InChI is InChI=1S/C18H18Cl2N2O/c19-15-7-6-13(11-16(15)20)17-5-2-8-22(17)18(23)10-12-3-1-4-14(21)9-12/h1,3-4,6-7,9,11,17H,2,5,8,10,21H2. The van der Waals surface area contributed by atoms with Crippen LogP contribution in [0.2, 0.25) is 10.0 Å². The summed E-state index contributed by atoms with van der Waals surface area (Å²) in [5.41, 5.74) is 8.44. The fourth-order valence-corrected chi connectivity index (χ4v) is 3.42. The Hall–Kier alpha value is -1.71. The van der Waals surface area contributed by atoms with Crippen molar-refractivity contribution in [2.24, 2.45) is 0 Å². The van der Waals surface area contributed by atoms with Crippen LogP contribution in [0.1, 0.15) is 30.0 Å². The first kappa shape index (κ1) is 16.2. The monoisotopic (exact) mass is 348 g/mol. The van der Waals surface area contributed by atoms with E-state index < -0.39 is 0 Å². The van der Waals surface area contributed by atoms with Crippen LogP contribution in [0.25, 0.3) is 0 Å². The molecular weight excluding hydrogens is 331 g/mol. The van der Waals surface area contributed by atoms with Crippen LogP contribution in [0.3, 0.4) is 0 Å². The first-order chi connectivity index (χ1) is 11.0. The summed E-state index contributed by atoms with van der Waals surface area (Å²) in [5.74, 6) is 0.115. The third-order valence-electron chi connectivity index (χ3n) is 4.21. The van der Waals surface area contributed by atoms with Crippen LogP contribution in [0.15, 0.2) is 42.5 Å². The molecule has 23 heavy (non-hydrogen) atoms. The van der Waals surface area contributed by atoms with Crippen molar-refractivity contribution < 1.29 is 4.79 Å². The van der Waals surface area contributed by atoms with Crippen molar-refractivity contribution in [2.75, 3.05) is 12.3 Å². The van der Waals surface area contributed by atoms with E-state index >= 15 is 0 Å². The van der Waals surface area contributed by atoms with Gasteiger partial charge >= 0.3 is 0 Å². The van der Waals surface area contributed by atoms with Crippen molar-refractivity contribution in [1.82, 2.24) is 4.90 Å². The number of hydrogen-bond acceptors (Lipinski definition) is 2. The quantitative estimate of drug-likeness (QED) is 0.831. The molecule has 0 bridgehead atoms. The van der Waals surface area contributed by atoms with Gasteiger partial charge in [-0.25, -0.2) is 0 Å². The minimum atomic E-state index is 0.0679. The molecule has 0 saturated carbocycles. The lowest BCUT2D eigenvalue weighted by atomic mass is 10.0. The van der Waals surface area contributed by atoms with Gasteiger partial charge in [0.2, 0.25) is 5.91 Å². The van der Waals surface area contributed by atoms with Crippen LogP contribution in [0.5, 0.6) is 0 Å². The minimum absolute atomic E-state index is 0.0679. The number of carbonyl (C=O) groups is 1. The predicted molar refractivity (Wildman–Crippen MR) is 94.7 cm³/mol. The molecule has 1 aliphatic heterocycles. The zero-order chi connectivity index (χ0) is 16.4. The number of likely N-dealkylation sites (tertiary alicyclic amines) is 1. The van der Waals surface area contributed by atoms with Gasteiger partial charge in [0, 0.05) is 12.2 Å². The fourth-order valence-electron chi connectivity index (χ4n) is 3.11. The fraction of sp³-hybridized carbons (Fsp3) is 0.278. The van der Waals surface area contributed by atoms with E-state index in [9.17, 15) is 4.79 Å². The molecular formula is C18H18Cl2N2O. The maximum Gasteiger partial charge on any atom is 0.227 e. The molecule has 2 aromatic carbocycles. The summed E-state index contributed by atoms with van der Waals surface area (Å²) in [4.78, 5) is 14.6. The first-order valence-corrected chi connectivity index (χ1v) is 8.39. The van der Waals surface area contributed by atoms with Crippen molar-refractivity contribution >= 4 is 34.8 Å². The molecule has 1 saturated heterocycles. The van der Waals surface area contributed by atoms with Crippen molar-refractivity contribution in [2.45, 2.75) is 25.3 Å². The summed E-state index contributed by atoms with van der Waals surface area (Å²) in [6.07, 6.45) is 2.30. The molecule has 0 aromatic heterocycles. The van der Waals surface area contributed by atoms with E-state index in [1.807, 2.05) is 41.3 Å². The third kappa shape index (κ3) is 3.62. The van der Waals surface area contributed by atoms with Gasteiger partial charge in [0.05, 0.1) is 22.5 Å². The van der Waals surface area contributed by atoms with Gasteiger partial charge in [-0.05, 0) is 48.2 Å². The molecule has 3 nitrogen and oxygen atoms in total. The van der Waals surface area contributed by atoms with Gasteiger partial charge in [0.25, 0.3) is 0 Å². The highest BCUT2D eigenvalue weighted by atomic mass is 35.5. The summed E-state index contributed by atoms with van der Waals surface area (Å²) < 4.78 is 0. The summed E-state index contributed by atoms with van der Waals surface area (Å²) in [6, 6.07) is 13.1. The van der Waals surface area contributed by atoms with Gasteiger partial charge in [-0.15, -0.1) is 0 Å². The molecule has 1 fully saturated rings. The summed E-state index contributed by atoms with van der Waals surface area (Å²) in [6.45, 7) is 0.770. The number of amides is 1. The van der Waals surface area contributed by atoms with Gasteiger partial charge in [0.15, 0.2) is 0 Å². The van der Waals surface area contributed by atoms with Gasteiger partial charge in [-0.1, -0.05) is 41.4 Å². The molecule has 2 aromatic rings. The highest BCUT2D eigenvalue weighted by Crippen LogP contribution is 2.35. The third-order valence-corrected chi connectivity index (χ3v) is 4.95. The Morgan fingerprint density at radius 1 is 1.17 bits per heavy atom. The van der Waals surface area contributed by atoms with Crippen LogP contribution in [-0.4, -0.2) is 17.4 Å². The van der Waals surface area contributed by atoms with Crippen molar-refractivity contribution in [3.63, 3.8) is 0 Å².